The Labute approximate surface area is 121 Å². The van der Waals surface area contributed by atoms with Crippen LogP contribution in [0.5, 0.6) is 0 Å². The van der Waals surface area contributed by atoms with Crippen molar-refractivity contribution in [1.29, 1.82) is 0 Å². The van der Waals surface area contributed by atoms with Crippen molar-refractivity contribution in [2.24, 2.45) is 5.73 Å². The van der Waals surface area contributed by atoms with E-state index < -0.39 is 5.54 Å². The molecule has 0 fully saturated rings. The molecule has 1 aromatic carbocycles. The number of nitrogens with one attached hydrogen (secondary N) is 1. The molecular formula is C16H26N2O2. The molecule has 1 aromatic rings. The molecule has 1 unspecified atom stereocenters. The lowest BCUT2D eigenvalue weighted by atomic mass is 9.96. The van der Waals surface area contributed by atoms with Crippen LogP contribution in [0, 0.1) is 0 Å². The van der Waals surface area contributed by atoms with Crippen molar-refractivity contribution in [3.05, 3.63) is 35.9 Å². The molecule has 4 nitrogen and oxygen atoms in total. The monoisotopic (exact) mass is 278 g/mol. The van der Waals surface area contributed by atoms with E-state index in [4.69, 9.17) is 10.5 Å². The average Bonchev–Trinajstić information content (AvgIpc) is 2.43. The summed E-state index contributed by atoms with van der Waals surface area (Å²) in [4.78, 5) is 11.8. The van der Waals surface area contributed by atoms with E-state index in [-0.39, 0.29) is 5.91 Å². The van der Waals surface area contributed by atoms with Crippen molar-refractivity contribution in [1.82, 2.24) is 5.32 Å². The third kappa shape index (κ3) is 6.17. The Hall–Kier alpha value is -1.39. The van der Waals surface area contributed by atoms with Gasteiger partial charge in [-0.3, -0.25) is 4.79 Å². The molecule has 3 N–H and O–H groups in total. The van der Waals surface area contributed by atoms with Gasteiger partial charge in [0.1, 0.15) is 0 Å². The summed E-state index contributed by atoms with van der Waals surface area (Å²) in [6.07, 6.45) is 2.39. The first-order chi connectivity index (χ1) is 9.56. The molecule has 20 heavy (non-hydrogen) atoms. The molecular weight excluding hydrogens is 252 g/mol. The van der Waals surface area contributed by atoms with Gasteiger partial charge in [-0.1, -0.05) is 43.7 Å². The Morgan fingerprint density at radius 2 is 2.05 bits per heavy atom. The van der Waals surface area contributed by atoms with Crippen molar-refractivity contribution >= 4 is 5.91 Å². The molecule has 0 saturated heterocycles. The lowest BCUT2D eigenvalue weighted by Gasteiger charge is -2.22. The second-order valence-corrected chi connectivity index (χ2v) is 5.32. The van der Waals surface area contributed by atoms with E-state index in [2.05, 4.69) is 5.32 Å². The molecule has 0 aliphatic rings. The first-order valence-electron chi connectivity index (χ1n) is 7.25. The molecule has 0 heterocycles. The van der Waals surface area contributed by atoms with Crippen LogP contribution in [-0.2, 0) is 16.1 Å². The first-order valence-corrected chi connectivity index (χ1v) is 7.25. The van der Waals surface area contributed by atoms with E-state index in [1.165, 1.54) is 0 Å². The van der Waals surface area contributed by atoms with Gasteiger partial charge in [0, 0.05) is 13.2 Å². The maximum Gasteiger partial charge on any atom is 0.239 e. The van der Waals surface area contributed by atoms with Crippen LogP contribution in [0.4, 0.5) is 0 Å². The highest BCUT2D eigenvalue weighted by Crippen LogP contribution is 2.08. The van der Waals surface area contributed by atoms with Crippen LogP contribution in [0.2, 0.25) is 0 Å². The third-order valence-electron chi connectivity index (χ3n) is 3.15. The van der Waals surface area contributed by atoms with Gasteiger partial charge in [-0.2, -0.15) is 0 Å². The number of carbonyl (C=O) groups is 1. The van der Waals surface area contributed by atoms with Gasteiger partial charge in [-0.25, -0.2) is 0 Å². The number of amides is 1. The summed E-state index contributed by atoms with van der Waals surface area (Å²) in [5, 5.41) is 2.86. The molecule has 0 aliphatic carbocycles. The SMILES string of the molecule is CCCC(C)(N)C(=O)NCCCOCc1ccccc1. The van der Waals surface area contributed by atoms with E-state index in [9.17, 15) is 4.79 Å². The third-order valence-corrected chi connectivity index (χ3v) is 3.15. The zero-order valence-corrected chi connectivity index (χ0v) is 12.5. The zero-order valence-electron chi connectivity index (χ0n) is 12.5. The van der Waals surface area contributed by atoms with Gasteiger partial charge in [0.05, 0.1) is 12.1 Å². The highest BCUT2D eigenvalue weighted by Gasteiger charge is 2.26. The normalized spacial score (nSPS) is 13.8. The molecule has 0 aliphatic heterocycles. The molecule has 1 atom stereocenters. The Morgan fingerprint density at radius 1 is 1.35 bits per heavy atom. The van der Waals surface area contributed by atoms with Gasteiger partial charge in [-0.05, 0) is 25.3 Å². The van der Waals surface area contributed by atoms with Gasteiger partial charge >= 0.3 is 0 Å². The minimum atomic E-state index is -0.764. The Kier molecular flexibility index (Phi) is 7.26. The number of hydrogen-bond donors (Lipinski definition) is 2. The van der Waals surface area contributed by atoms with E-state index in [0.717, 1.165) is 18.4 Å². The van der Waals surface area contributed by atoms with Gasteiger partial charge in [0.15, 0.2) is 0 Å². The molecule has 0 saturated carbocycles. The number of hydrogen-bond acceptors (Lipinski definition) is 3. The van der Waals surface area contributed by atoms with Gasteiger partial charge < -0.3 is 15.8 Å². The summed E-state index contributed by atoms with van der Waals surface area (Å²) >= 11 is 0. The lowest BCUT2D eigenvalue weighted by Crippen LogP contribution is -2.51. The van der Waals surface area contributed by atoms with Gasteiger partial charge in [0.25, 0.3) is 0 Å². The molecule has 0 spiro atoms. The van der Waals surface area contributed by atoms with Crippen LogP contribution in [0.25, 0.3) is 0 Å². The van der Waals surface area contributed by atoms with Crippen LogP contribution >= 0.6 is 0 Å². The second-order valence-electron chi connectivity index (χ2n) is 5.32. The topological polar surface area (TPSA) is 64.4 Å². The van der Waals surface area contributed by atoms with E-state index in [0.29, 0.717) is 26.2 Å². The predicted molar refractivity (Wildman–Crippen MR) is 81.2 cm³/mol. The minimum Gasteiger partial charge on any atom is -0.377 e. The number of nitrogens with two attached hydrogens (primary N) is 1. The Balaban J connectivity index is 2.09. The largest absolute Gasteiger partial charge is 0.377 e. The number of ether oxygens (including phenoxy) is 1. The lowest BCUT2D eigenvalue weighted by molar-refractivity contribution is -0.126. The molecule has 112 valence electrons. The summed E-state index contributed by atoms with van der Waals surface area (Å²) < 4.78 is 5.55. The standard InChI is InChI=1S/C16H26N2O2/c1-3-10-16(2,17)15(19)18-11-7-12-20-13-14-8-5-4-6-9-14/h4-6,8-9H,3,7,10-13,17H2,1-2H3,(H,18,19). The number of benzene rings is 1. The van der Waals surface area contributed by atoms with Crippen LogP contribution in [0.3, 0.4) is 0 Å². The fourth-order valence-electron chi connectivity index (χ4n) is 1.98. The van der Waals surface area contributed by atoms with Crippen molar-refractivity contribution in [3.63, 3.8) is 0 Å². The molecule has 1 amide bonds. The summed E-state index contributed by atoms with van der Waals surface area (Å²) in [5.74, 6) is -0.0811. The van der Waals surface area contributed by atoms with Crippen molar-refractivity contribution < 1.29 is 9.53 Å². The first kappa shape index (κ1) is 16.7. The van der Waals surface area contributed by atoms with Crippen molar-refractivity contribution in [2.45, 2.75) is 45.3 Å². The van der Waals surface area contributed by atoms with Gasteiger partial charge in [0.2, 0.25) is 5.91 Å². The van der Waals surface area contributed by atoms with Crippen LogP contribution in [0.15, 0.2) is 30.3 Å². The maximum absolute atomic E-state index is 11.8. The van der Waals surface area contributed by atoms with E-state index in [1.54, 1.807) is 6.92 Å². The molecule has 0 radical (unpaired) electrons. The van der Waals surface area contributed by atoms with Crippen LogP contribution in [0.1, 0.15) is 38.7 Å². The summed E-state index contributed by atoms with van der Waals surface area (Å²) in [5.41, 5.74) is 6.34. The number of carbonyl (C=O) groups excluding carboxylic acids is 1. The molecule has 4 heteroatoms. The van der Waals surface area contributed by atoms with Crippen molar-refractivity contribution in [3.8, 4) is 0 Å². The van der Waals surface area contributed by atoms with E-state index >= 15 is 0 Å². The van der Waals surface area contributed by atoms with Crippen LogP contribution < -0.4 is 11.1 Å². The fourth-order valence-corrected chi connectivity index (χ4v) is 1.98. The quantitative estimate of drug-likeness (QED) is 0.681. The Morgan fingerprint density at radius 3 is 2.70 bits per heavy atom. The summed E-state index contributed by atoms with van der Waals surface area (Å²) in [6, 6.07) is 10.0. The number of rotatable bonds is 9. The highest BCUT2D eigenvalue weighted by atomic mass is 16.5. The smallest absolute Gasteiger partial charge is 0.239 e. The molecule has 1 rings (SSSR count). The fraction of sp³-hybridized carbons (Fsp3) is 0.562. The van der Waals surface area contributed by atoms with E-state index in [1.807, 2.05) is 37.3 Å². The predicted octanol–water partition coefficient (Wildman–Crippen LogP) is 2.23. The maximum atomic E-state index is 11.8. The molecule has 0 bridgehead atoms. The minimum absolute atomic E-state index is 0.0811. The second kappa shape index (κ2) is 8.72. The highest BCUT2D eigenvalue weighted by molar-refractivity contribution is 5.85. The van der Waals surface area contributed by atoms with Crippen molar-refractivity contribution in [2.75, 3.05) is 13.2 Å². The van der Waals surface area contributed by atoms with Crippen LogP contribution in [-0.4, -0.2) is 24.6 Å². The Bertz CT molecular complexity index is 391. The summed E-state index contributed by atoms with van der Waals surface area (Å²) in [6.45, 7) is 5.64. The summed E-state index contributed by atoms with van der Waals surface area (Å²) in [7, 11) is 0. The average molecular weight is 278 g/mol. The molecule has 0 aromatic heterocycles. The zero-order chi connectivity index (χ0) is 14.8. The van der Waals surface area contributed by atoms with Gasteiger partial charge in [-0.15, -0.1) is 0 Å².